The van der Waals surface area contributed by atoms with Gasteiger partial charge in [-0.05, 0) is 24.1 Å². The second kappa shape index (κ2) is 10.0. The Bertz CT molecular complexity index is 1150. The van der Waals surface area contributed by atoms with Crippen molar-refractivity contribution >= 4 is 23.8 Å². The van der Waals surface area contributed by atoms with Gasteiger partial charge < -0.3 is 24.3 Å². The first-order chi connectivity index (χ1) is 16.9. The number of rotatable bonds is 8. The zero-order valence-corrected chi connectivity index (χ0v) is 19.6. The van der Waals surface area contributed by atoms with Gasteiger partial charge in [-0.3, -0.25) is 14.5 Å². The van der Waals surface area contributed by atoms with Gasteiger partial charge >= 0.3 is 11.9 Å². The number of amides is 2. The fraction of sp³-hybridized carbons (Fsp3) is 0.360. The molecular formula is C25H26N2O8. The number of benzene rings is 2. The summed E-state index contributed by atoms with van der Waals surface area (Å²) in [5, 5.41) is 2.72. The molecule has 2 aliphatic rings. The second-order valence-corrected chi connectivity index (χ2v) is 8.15. The van der Waals surface area contributed by atoms with E-state index in [4.69, 9.17) is 18.9 Å². The molecule has 0 spiro atoms. The van der Waals surface area contributed by atoms with Gasteiger partial charge in [-0.15, -0.1) is 0 Å². The van der Waals surface area contributed by atoms with Crippen molar-refractivity contribution < 1.29 is 38.1 Å². The lowest BCUT2D eigenvalue weighted by molar-refractivity contribution is -0.149. The third-order valence-electron chi connectivity index (χ3n) is 6.16. The van der Waals surface area contributed by atoms with Crippen LogP contribution < -0.4 is 14.8 Å². The van der Waals surface area contributed by atoms with E-state index in [0.29, 0.717) is 11.3 Å². The van der Waals surface area contributed by atoms with E-state index in [-0.39, 0.29) is 36.5 Å². The lowest BCUT2D eigenvalue weighted by atomic mass is 10.0. The molecule has 1 N–H and O–H groups in total. The predicted octanol–water partition coefficient (Wildman–Crippen LogP) is 1.76. The molecule has 184 valence electrons. The molecule has 0 radical (unpaired) electrons. The molecule has 1 fully saturated rings. The number of carbonyl (C=O) groups excluding carboxylic acids is 4. The maximum atomic E-state index is 13.3. The maximum Gasteiger partial charge on any atom is 0.344 e. The molecule has 10 nitrogen and oxygen atoms in total. The zero-order valence-electron chi connectivity index (χ0n) is 19.6. The van der Waals surface area contributed by atoms with Gasteiger partial charge in [0.15, 0.2) is 11.5 Å². The van der Waals surface area contributed by atoms with Gasteiger partial charge in [-0.25, -0.2) is 9.59 Å². The van der Waals surface area contributed by atoms with Gasteiger partial charge in [0, 0.05) is 18.4 Å². The molecule has 10 heteroatoms. The number of methoxy groups -OCH3 is 3. The third-order valence-corrected chi connectivity index (χ3v) is 6.16. The smallest absolute Gasteiger partial charge is 0.344 e. The van der Waals surface area contributed by atoms with Crippen molar-refractivity contribution in [2.75, 3.05) is 21.3 Å². The molecular weight excluding hydrogens is 456 g/mol. The van der Waals surface area contributed by atoms with Crippen LogP contribution in [-0.4, -0.2) is 62.1 Å². The molecule has 3 atom stereocenters. The molecule has 2 aromatic rings. The zero-order chi connectivity index (χ0) is 25.1. The summed E-state index contributed by atoms with van der Waals surface area (Å²) in [6, 6.07) is 10.5. The van der Waals surface area contributed by atoms with Crippen molar-refractivity contribution in [2.24, 2.45) is 0 Å². The molecule has 1 saturated heterocycles. The number of carbonyl (C=O) groups is 4. The molecule has 2 amide bonds. The van der Waals surface area contributed by atoms with Crippen LogP contribution in [0.2, 0.25) is 0 Å². The van der Waals surface area contributed by atoms with Crippen LogP contribution in [-0.2, 0) is 30.3 Å². The SMILES string of the molecule is COC(=O)[C@H](Cc1ccccc1)NC(=O)[C@@H]1CCC(=O)N1[C@H]1OC(=O)c2c1ccc(OC)c2OC. The van der Waals surface area contributed by atoms with E-state index in [2.05, 4.69) is 5.32 Å². The van der Waals surface area contributed by atoms with Crippen molar-refractivity contribution in [3.05, 3.63) is 59.2 Å². The Morgan fingerprint density at radius 2 is 1.83 bits per heavy atom. The van der Waals surface area contributed by atoms with Crippen LogP contribution in [0.3, 0.4) is 0 Å². The summed E-state index contributed by atoms with van der Waals surface area (Å²) in [5.74, 6) is -1.63. The molecule has 35 heavy (non-hydrogen) atoms. The first-order valence-electron chi connectivity index (χ1n) is 11.1. The summed E-state index contributed by atoms with van der Waals surface area (Å²) < 4.78 is 21.0. The first kappa shape index (κ1) is 24.1. The quantitative estimate of drug-likeness (QED) is 0.565. The highest BCUT2D eigenvalue weighted by Crippen LogP contribution is 2.45. The van der Waals surface area contributed by atoms with E-state index < -0.39 is 36.2 Å². The topological polar surface area (TPSA) is 120 Å². The maximum absolute atomic E-state index is 13.3. The molecule has 2 aromatic carbocycles. The van der Waals surface area contributed by atoms with Gasteiger partial charge in [0.2, 0.25) is 18.0 Å². The van der Waals surface area contributed by atoms with Crippen molar-refractivity contribution in [1.82, 2.24) is 10.2 Å². The van der Waals surface area contributed by atoms with Crippen LogP contribution in [0.25, 0.3) is 0 Å². The third kappa shape index (κ3) is 4.51. The number of likely N-dealkylation sites (tertiary alicyclic amines) is 1. The largest absolute Gasteiger partial charge is 0.493 e. The Labute approximate surface area is 202 Å². The first-order valence-corrected chi connectivity index (χ1v) is 11.1. The predicted molar refractivity (Wildman–Crippen MR) is 122 cm³/mol. The van der Waals surface area contributed by atoms with Gasteiger partial charge in [0.05, 0.1) is 21.3 Å². The molecule has 0 unspecified atom stereocenters. The van der Waals surface area contributed by atoms with E-state index in [9.17, 15) is 19.2 Å². The van der Waals surface area contributed by atoms with Crippen molar-refractivity contribution in [1.29, 1.82) is 0 Å². The Morgan fingerprint density at radius 3 is 2.49 bits per heavy atom. The number of hydrogen-bond acceptors (Lipinski definition) is 8. The fourth-order valence-corrected chi connectivity index (χ4v) is 4.50. The van der Waals surface area contributed by atoms with Crippen LogP contribution in [0.4, 0.5) is 0 Å². The van der Waals surface area contributed by atoms with Crippen molar-refractivity contribution in [2.45, 2.75) is 37.6 Å². The van der Waals surface area contributed by atoms with Gasteiger partial charge in [0.1, 0.15) is 17.6 Å². The summed E-state index contributed by atoms with van der Waals surface area (Å²) in [7, 11) is 4.09. The Morgan fingerprint density at radius 1 is 1.09 bits per heavy atom. The molecule has 2 aliphatic heterocycles. The monoisotopic (exact) mass is 482 g/mol. The highest BCUT2D eigenvalue weighted by Gasteiger charge is 2.48. The Hall–Kier alpha value is -4.08. The highest BCUT2D eigenvalue weighted by molar-refractivity contribution is 5.99. The minimum Gasteiger partial charge on any atom is -0.493 e. The number of hydrogen-bond donors (Lipinski definition) is 1. The van der Waals surface area contributed by atoms with Crippen molar-refractivity contribution in [3.8, 4) is 11.5 Å². The number of nitrogens with zero attached hydrogens (tertiary/aromatic N) is 1. The second-order valence-electron chi connectivity index (χ2n) is 8.15. The van der Waals surface area contributed by atoms with E-state index >= 15 is 0 Å². The summed E-state index contributed by atoms with van der Waals surface area (Å²) in [4.78, 5) is 52.5. The summed E-state index contributed by atoms with van der Waals surface area (Å²) in [6.07, 6.45) is -0.580. The number of fused-ring (bicyclic) bond motifs is 1. The van der Waals surface area contributed by atoms with Crippen LogP contribution in [0.1, 0.15) is 40.6 Å². The fourth-order valence-electron chi connectivity index (χ4n) is 4.50. The summed E-state index contributed by atoms with van der Waals surface area (Å²) in [5.41, 5.74) is 1.38. The van der Waals surface area contributed by atoms with Crippen molar-refractivity contribution in [3.63, 3.8) is 0 Å². The standard InChI is InChI=1S/C25H26N2O8/c1-32-18-11-9-15-20(21(18)33-2)25(31)35-23(15)27-17(10-12-19(27)28)22(29)26-16(24(30)34-3)13-14-7-5-4-6-8-14/h4-9,11,16-17,23H,10,12-13H2,1-3H3,(H,26,29)/t16-,17-,23-/m0/s1. The Kier molecular flexibility index (Phi) is 6.90. The van der Waals surface area contributed by atoms with E-state index in [1.54, 1.807) is 12.1 Å². The molecule has 2 heterocycles. The average Bonchev–Trinajstić information content (AvgIpc) is 3.42. The molecule has 0 bridgehead atoms. The van der Waals surface area contributed by atoms with E-state index in [0.717, 1.165) is 5.56 Å². The van der Waals surface area contributed by atoms with Gasteiger partial charge in [-0.2, -0.15) is 0 Å². The van der Waals surface area contributed by atoms with Gasteiger partial charge in [0.25, 0.3) is 0 Å². The molecule has 0 aromatic heterocycles. The van der Waals surface area contributed by atoms with Crippen LogP contribution in [0.15, 0.2) is 42.5 Å². The minimum atomic E-state index is -1.10. The number of cyclic esters (lactones) is 1. The summed E-state index contributed by atoms with van der Waals surface area (Å²) in [6.45, 7) is 0. The molecule has 0 aliphatic carbocycles. The van der Waals surface area contributed by atoms with Crippen LogP contribution in [0, 0.1) is 0 Å². The normalized spacial score (nSPS) is 19.6. The number of esters is 2. The van der Waals surface area contributed by atoms with E-state index in [1.807, 2.05) is 30.3 Å². The minimum absolute atomic E-state index is 0.0936. The summed E-state index contributed by atoms with van der Waals surface area (Å²) >= 11 is 0. The Balaban J connectivity index is 1.60. The van der Waals surface area contributed by atoms with Gasteiger partial charge in [-0.1, -0.05) is 30.3 Å². The lowest BCUT2D eigenvalue weighted by Gasteiger charge is -2.30. The number of nitrogens with one attached hydrogen (secondary N) is 1. The molecule has 0 saturated carbocycles. The van der Waals surface area contributed by atoms with Crippen LogP contribution >= 0.6 is 0 Å². The highest BCUT2D eigenvalue weighted by atomic mass is 16.6. The lowest BCUT2D eigenvalue weighted by Crippen LogP contribution is -2.52. The molecule has 4 rings (SSSR count). The van der Waals surface area contributed by atoms with E-state index in [1.165, 1.54) is 26.2 Å². The van der Waals surface area contributed by atoms with Crippen LogP contribution in [0.5, 0.6) is 11.5 Å². The number of ether oxygens (including phenoxy) is 4. The average molecular weight is 482 g/mol.